The molecule has 0 heterocycles. The molecule has 0 aliphatic carbocycles. The van der Waals surface area contributed by atoms with Crippen LogP contribution in [0.4, 0.5) is 0 Å². The van der Waals surface area contributed by atoms with Crippen molar-refractivity contribution in [2.24, 2.45) is 0 Å². The van der Waals surface area contributed by atoms with E-state index in [1.165, 1.54) is 10.5 Å². The summed E-state index contributed by atoms with van der Waals surface area (Å²) in [5.74, 6) is 0.952. The van der Waals surface area contributed by atoms with E-state index >= 15 is 0 Å². The third-order valence-electron chi connectivity index (χ3n) is 1.85. The summed E-state index contributed by atoms with van der Waals surface area (Å²) in [6, 6.07) is 8.00. The number of thioether (sulfide) groups is 1. The molecule has 1 unspecified atom stereocenters. The lowest BCUT2D eigenvalue weighted by molar-refractivity contribution is 0.199. The fourth-order valence-corrected chi connectivity index (χ4v) is 1.79. The number of rotatable bonds is 4. The Hall–Kier alpha value is -0.730. The SMILES string of the molecule is C=C(C)CSc1ccc(C(C)O)cc1. The number of hydrogen-bond acceptors (Lipinski definition) is 2. The summed E-state index contributed by atoms with van der Waals surface area (Å²) in [7, 11) is 0. The van der Waals surface area contributed by atoms with Crippen molar-refractivity contribution in [1.29, 1.82) is 0 Å². The van der Waals surface area contributed by atoms with Gasteiger partial charge >= 0.3 is 0 Å². The summed E-state index contributed by atoms with van der Waals surface area (Å²) in [4.78, 5) is 1.22. The van der Waals surface area contributed by atoms with Crippen molar-refractivity contribution in [3.05, 3.63) is 42.0 Å². The third kappa shape index (κ3) is 3.56. The first kappa shape index (κ1) is 11.3. The number of benzene rings is 1. The maximum Gasteiger partial charge on any atom is 0.0761 e. The average molecular weight is 208 g/mol. The zero-order valence-electron chi connectivity index (χ0n) is 8.66. The van der Waals surface area contributed by atoms with Gasteiger partial charge in [0.25, 0.3) is 0 Å². The first-order chi connectivity index (χ1) is 6.59. The molecule has 1 N–H and O–H groups in total. The Morgan fingerprint density at radius 3 is 2.43 bits per heavy atom. The predicted molar refractivity (Wildman–Crippen MR) is 62.6 cm³/mol. The van der Waals surface area contributed by atoms with Crippen molar-refractivity contribution < 1.29 is 5.11 Å². The van der Waals surface area contributed by atoms with Gasteiger partial charge in [-0.25, -0.2) is 0 Å². The molecule has 0 radical (unpaired) electrons. The van der Waals surface area contributed by atoms with Crippen LogP contribution >= 0.6 is 11.8 Å². The molecule has 0 fully saturated rings. The van der Waals surface area contributed by atoms with Gasteiger partial charge in [0, 0.05) is 10.6 Å². The van der Waals surface area contributed by atoms with Crippen molar-refractivity contribution in [3.8, 4) is 0 Å². The van der Waals surface area contributed by atoms with E-state index in [9.17, 15) is 5.11 Å². The van der Waals surface area contributed by atoms with Crippen LogP contribution in [0.2, 0.25) is 0 Å². The Labute approximate surface area is 89.8 Å². The summed E-state index contributed by atoms with van der Waals surface area (Å²) in [5, 5.41) is 9.31. The quantitative estimate of drug-likeness (QED) is 0.604. The summed E-state index contributed by atoms with van der Waals surface area (Å²) in [6.45, 7) is 7.65. The summed E-state index contributed by atoms with van der Waals surface area (Å²) in [6.07, 6.45) is -0.379. The Morgan fingerprint density at radius 2 is 2.00 bits per heavy atom. The van der Waals surface area contributed by atoms with Gasteiger partial charge in [0.05, 0.1) is 6.10 Å². The van der Waals surface area contributed by atoms with E-state index in [2.05, 4.69) is 6.58 Å². The molecule has 0 saturated carbocycles. The van der Waals surface area contributed by atoms with Crippen molar-refractivity contribution in [2.45, 2.75) is 24.8 Å². The summed E-state index contributed by atoms with van der Waals surface area (Å²) >= 11 is 1.77. The molecular weight excluding hydrogens is 192 g/mol. The van der Waals surface area contributed by atoms with E-state index < -0.39 is 0 Å². The molecule has 1 aromatic carbocycles. The minimum absolute atomic E-state index is 0.379. The lowest BCUT2D eigenvalue weighted by Crippen LogP contribution is -1.89. The Balaban J connectivity index is 2.59. The summed E-state index contributed by atoms with van der Waals surface area (Å²) < 4.78 is 0. The largest absolute Gasteiger partial charge is 0.389 e. The smallest absolute Gasteiger partial charge is 0.0761 e. The molecule has 2 heteroatoms. The molecule has 0 aromatic heterocycles. The van der Waals surface area contributed by atoms with Crippen molar-refractivity contribution in [2.75, 3.05) is 5.75 Å². The Bertz CT molecular complexity index is 301. The van der Waals surface area contributed by atoms with Gasteiger partial charge in [-0.1, -0.05) is 24.3 Å². The molecular formula is C12H16OS. The molecule has 1 aromatic rings. The van der Waals surface area contributed by atoms with Gasteiger partial charge in [-0.3, -0.25) is 0 Å². The van der Waals surface area contributed by atoms with E-state index in [4.69, 9.17) is 0 Å². The predicted octanol–water partition coefficient (Wildman–Crippen LogP) is 3.41. The van der Waals surface area contributed by atoms with Crippen LogP contribution in [-0.2, 0) is 0 Å². The molecule has 0 saturated heterocycles. The second-order valence-corrected chi connectivity index (χ2v) is 4.54. The first-order valence-corrected chi connectivity index (χ1v) is 5.63. The van der Waals surface area contributed by atoms with Crippen LogP contribution in [0, 0.1) is 0 Å². The van der Waals surface area contributed by atoms with Gasteiger partial charge in [0.1, 0.15) is 0 Å². The molecule has 0 aliphatic rings. The molecule has 1 rings (SSSR count). The minimum Gasteiger partial charge on any atom is -0.389 e. The number of hydrogen-bond donors (Lipinski definition) is 1. The maximum absolute atomic E-state index is 9.31. The van der Waals surface area contributed by atoms with Gasteiger partial charge in [0.15, 0.2) is 0 Å². The van der Waals surface area contributed by atoms with Crippen LogP contribution in [0.5, 0.6) is 0 Å². The van der Waals surface area contributed by atoms with Gasteiger partial charge in [-0.15, -0.1) is 11.8 Å². The third-order valence-corrected chi connectivity index (χ3v) is 3.09. The zero-order chi connectivity index (χ0) is 10.6. The minimum atomic E-state index is -0.379. The van der Waals surface area contributed by atoms with Crippen molar-refractivity contribution in [1.82, 2.24) is 0 Å². The molecule has 76 valence electrons. The van der Waals surface area contributed by atoms with Gasteiger partial charge in [0.2, 0.25) is 0 Å². The van der Waals surface area contributed by atoms with E-state index in [0.29, 0.717) is 0 Å². The van der Waals surface area contributed by atoms with Crippen LogP contribution < -0.4 is 0 Å². The van der Waals surface area contributed by atoms with Crippen LogP contribution in [0.15, 0.2) is 41.3 Å². The lowest BCUT2D eigenvalue weighted by atomic mass is 10.1. The van der Waals surface area contributed by atoms with Gasteiger partial charge < -0.3 is 5.11 Å². The molecule has 0 aliphatic heterocycles. The maximum atomic E-state index is 9.31. The van der Waals surface area contributed by atoms with Crippen LogP contribution in [0.1, 0.15) is 25.5 Å². The number of aliphatic hydroxyl groups excluding tert-OH is 1. The van der Waals surface area contributed by atoms with Gasteiger partial charge in [-0.2, -0.15) is 0 Å². The van der Waals surface area contributed by atoms with Crippen molar-refractivity contribution >= 4 is 11.8 Å². The molecule has 14 heavy (non-hydrogen) atoms. The van der Waals surface area contributed by atoms with Crippen LogP contribution in [0.3, 0.4) is 0 Å². The second-order valence-electron chi connectivity index (χ2n) is 3.49. The molecule has 0 spiro atoms. The van der Waals surface area contributed by atoms with E-state index in [-0.39, 0.29) is 6.10 Å². The lowest BCUT2D eigenvalue weighted by Gasteiger charge is -2.05. The topological polar surface area (TPSA) is 20.2 Å². The van der Waals surface area contributed by atoms with Gasteiger partial charge in [-0.05, 0) is 31.5 Å². The molecule has 0 amide bonds. The number of aliphatic hydroxyl groups is 1. The molecule has 1 nitrogen and oxygen atoms in total. The normalized spacial score (nSPS) is 12.5. The highest BCUT2D eigenvalue weighted by Crippen LogP contribution is 2.22. The second kappa shape index (κ2) is 5.23. The van der Waals surface area contributed by atoms with Crippen LogP contribution in [-0.4, -0.2) is 10.9 Å². The zero-order valence-corrected chi connectivity index (χ0v) is 9.47. The fraction of sp³-hybridized carbons (Fsp3) is 0.333. The van der Waals surface area contributed by atoms with E-state index in [0.717, 1.165) is 11.3 Å². The van der Waals surface area contributed by atoms with Crippen molar-refractivity contribution in [3.63, 3.8) is 0 Å². The monoisotopic (exact) mass is 208 g/mol. The highest BCUT2D eigenvalue weighted by molar-refractivity contribution is 7.99. The molecule has 0 bridgehead atoms. The molecule has 1 atom stereocenters. The van der Waals surface area contributed by atoms with Crippen LogP contribution in [0.25, 0.3) is 0 Å². The summed E-state index contributed by atoms with van der Waals surface area (Å²) in [5.41, 5.74) is 2.14. The first-order valence-electron chi connectivity index (χ1n) is 4.65. The highest BCUT2D eigenvalue weighted by Gasteiger charge is 2.00. The van der Waals surface area contributed by atoms with E-state index in [1.807, 2.05) is 31.2 Å². The standard InChI is InChI=1S/C12H16OS/c1-9(2)8-14-12-6-4-11(5-7-12)10(3)13/h4-7,10,13H,1,8H2,2-3H3. The van der Waals surface area contributed by atoms with E-state index in [1.54, 1.807) is 18.7 Å². The fourth-order valence-electron chi connectivity index (χ4n) is 1.05. The Kier molecular flexibility index (Phi) is 4.23. The average Bonchev–Trinajstić information content (AvgIpc) is 2.15. The highest BCUT2D eigenvalue weighted by atomic mass is 32.2. The Morgan fingerprint density at radius 1 is 1.43 bits per heavy atom.